The Morgan fingerprint density at radius 2 is 2.20 bits per heavy atom. The molecule has 2 rings (SSSR count). The van der Waals surface area contributed by atoms with E-state index in [0.29, 0.717) is 11.7 Å². The van der Waals surface area contributed by atoms with Crippen molar-refractivity contribution in [1.82, 2.24) is 15.3 Å². The van der Waals surface area contributed by atoms with Crippen molar-refractivity contribution in [2.75, 3.05) is 12.3 Å². The van der Waals surface area contributed by atoms with E-state index in [1.165, 1.54) is 0 Å². The van der Waals surface area contributed by atoms with Crippen LogP contribution < -0.4 is 11.1 Å². The number of nitrogens with zero attached hydrogens (tertiary/aromatic N) is 2. The molecule has 0 aromatic carbocycles. The first-order valence-corrected chi connectivity index (χ1v) is 5.51. The molecule has 3 N–H and O–H groups in total. The molecule has 4 nitrogen and oxygen atoms in total. The maximum atomic E-state index is 5.93. The van der Waals surface area contributed by atoms with E-state index in [1.54, 1.807) is 0 Å². The number of nitrogens with two attached hydrogens (primary N) is 1. The Morgan fingerprint density at radius 1 is 1.40 bits per heavy atom. The Labute approximate surface area is 90.3 Å². The van der Waals surface area contributed by atoms with Gasteiger partial charge in [0, 0.05) is 31.5 Å². The molecule has 1 aliphatic heterocycles. The summed E-state index contributed by atoms with van der Waals surface area (Å²) in [5.41, 5.74) is 8.15. The Hall–Kier alpha value is -1.16. The largest absolute Gasteiger partial charge is 0.383 e. The zero-order valence-electron chi connectivity index (χ0n) is 9.38. The zero-order chi connectivity index (χ0) is 10.8. The molecule has 0 radical (unpaired) electrons. The van der Waals surface area contributed by atoms with Crippen molar-refractivity contribution >= 4 is 5.82 Å². The van der Waals surface area contributed by atoms with Crippen LogP contribution in [0.25, 0.3) is 0 Å². The smallest absolute Gasteiger partial charge is 0.131 e. The lowest BCUT2D eigenvalue weighted by molar-refractivity contribution is 0.593. The summed E-state index contributed by atoms with van der Waals surface area (Å²) in [5, 5.41) is 3.28. The molecule has 0 spiro atoms. The molecular formula is C11H18N4. The van der Waals surface area contributed by atoms with Crippen molar-refractivity contribution < 1.29 is 0 Å². The number of hydrogen-bond acceptors (Lipinski definition) is 4. The molecule has 1 aliphatic rings. The van der Waals surface area contributed by atoms with Gasteiger partial charge in [-0.05, 0) is 5.92 Å². The van der Waals surface area contributed by atoms with E-state index in [2.05, 4.69) is 29.1 Å². The standard InChI is InChI=1S/C11H18N4/c1-7(2)5-10-14-9-3-4-13-6-8(9)11(12)15-10/h7,13H,3-6H2,1-2H3,(H2,12,14,15). The molecule has 0 unspecified atom stereocenters. The lowest BCUT2D eigenvalue weighted by Crippen LogP contribution is -2.27. The van der Waals surface area contributed by atoms with E-state index in [4.69, 9.17) is 5.73 Å². The van der Waals surface area contributed by atoms with Crippen LogP contribution in [0.5, 0.6) is 0 Å². The molecule has 0 atom stereocenters. The minimum Gasteiger partial charge on any atom is -0.383 e. The zero-order valence-corrected chi connectivity index (χ0v) is 9.38. The Bertz CT molecular complexity index is 360. The van der Waals surface area contributed by atoms with Gasteiger partial charge in [0.25, 0.3) is 0 Å². The molecule has 15 heavy (non-hydrogen) atoms. The minimum atomic E-state index is 0.573. The highest BCUT2D eigenvalue weighted by Gasteiger charge is 2.15. The predicted octanol–water partition coefficient (Wildman–Crippen LogP) is 0.903. The summed E-state index contributed by atoms with van der Waals surface area (Å²) in [4.78, 5) is 8.94. The van der Waals surface area contributed by atoms with Crippen LogP contribution in [0, 0.1) is 5.92 Å². The van der Waals surface area contributed by atoms with E-state index >= 15 is 0 Å². The topological polar surface area (TPSA) is 63.8 Å². The number of nitrogen functional groups attached to an aromatic ring is 1. The highest BCUT2D eigenvalue weighted by Crippen LogP contribution is 2.18. The number of anilines is 1. The Balaban J connectivity index is 2.32. The van der Waals surface area contributed by atoms with Crippen molar-refractivity contribution in [2.24, 2.45) is 5.92 Å². The summed E-state index contributed by atoms with van der Waals surface area (Å²) >= 11 is 0. The monoisotopic (exact) mass is 206 g/mol. The van der Waals surface area contributed by atoms with Gasteiger partial charge in [0.1, 0.15) is 11.6 Å². The summed E-state index contributed by atoms with van der Waals surface area (Å²) in [6.07, 6.45) is 1.87. The molecular weight excluding hydrogens is 188 g/mol. The van der Waals surface area contributed by atoms with E-state index in [1.807, 2.05) is 0 Å². The van der Waals surface area contributed by atoms with Gasteiger partial charge < -0.3 is 11.1 Å². The molecule has 0 saturated heterocycles. The van der Waals surface area contributed by atoms with Gasteiger partial charge in [-0.15, -0.1) is 0 Å². The molecule has 4 heteroatoms. The van der Waals surface area contributed by atoms with Crippen molar-refractivity contribution in [3.8, 4) is 0 Å². The molecule has 82 valence electrons. The fourth-order valence-electron chi connectivity index (χ4n) is 1.88. The summed E-state index contributed by atoms with van der Waals surface area (Å²) in [7, 11) is 0. The van der Waals surface area contributed by atoms with Crippen molar-refractivity contribution in [1.29, 1.82) is 0 Å². The van der Waals surface area contributed by atoms with Crippen molar-refractivity contribution in [3.63, 3.8) is 0 Å². The number of rotatable bonds is 2. The average Bonchev–Trinajstić information content (AvgIpc) is 2.16. The Kier molecular flexibility index (Phi) is 2.86. The summed E-state index contributed by atoms with van der Waals surface area (Å²) in [6, 6.07) is 0. The quantitative estimate of drug-likeness (QED) is 0.754. The van der Waals surface area contributed by atoms with Gasteiger partial charge >= 0.3 is 0 Å². The third-order valence-corrected chi connectivity index (χ3v) is 2.60. The van der Waals surface area contributed by atoms with E-state index in [0.717, 1.165) is 43.0 Å². The molecule has 0 bridgehead atoms. The second kappa shape index (κ2) is 4.14. The Morgan fingerprint density at radius 3 is 2.93 bits per heavy atom. The van der Waals surface area contributed by atoms with Crippen LogP contribution >= 0.6 is 0 Å². The average molecular weight is 206 g/mol. The first-order valence-electron chi connectivity index (χ1n) is 5.51. The van der Waals surface area contributed by atoms with Crippen LogP contribution in [0.1, 0.15) is 30.9 Å². The summed E-state index contributed by atoms with van der Waals surface area (Å²) in [5.74, 6) is 2.12. The van der Waals surface area contributed by atoms with E-state index in [9.17, 15) is 0 Å². The lowest BCUT2D eigenvalue weighted by Gasteiger charge is -2.18. The van der Waals surface area contributed by atoms with Gasteiger partial charge in [0.15, 0.2) is 0 Å². The molecule has 1 aromatic rings. The van der Waals surface area contributed by atoms with Gasteiger partial charge in [0.2, 0.25) is 0 Å². The molecule has 0 aliphatic carbocycles. The van der Waals surface area contributed by atoms with Crippen LogP contribution in [0.2, 0.25) is 0 Å². The second-order valence-electron chi connectivity index (χ2n) is 4.48. The molecule has 0 fully saturated rings. The van der Waals surface area contributed by atoms with Crippen LogP contribution in [-0.4, -0.2) is 16.5 Å². The minimum absolute atomic E-state index is 0.573. The van der Waals surface area contributed by atoms with Crippen LogP contribution in [0.4, 0.5) is 5.82 Å². The number of fused-ring (bicyclic) bond motifs is 1. The second-order valence-corrected chi connectivity index (χ2v) is 4.48. The summed E-state index contributed by atoms with van der Waals surface area (Å²) < 4.78 is 0. The number of aromatic nitrogens is 2. The van der Waals surface area contributed by atoms with Gasteiger partial charge in [-0.3, -0.25) is 0 Å². The van der Waals surface area contributed by atoms with Crippen LogP contribution in [-0.2, 0) is 19.4 Å². The van der Waals surface area contributed by atoms with Gasteiger partial charge in [0.05, 0.1) is 5.69 Å². The maximum absolute atomic E-state index is 5.93. The SMILES string of the molecule is CC(C)Cc1nc(N)c2c(n1)CCNC2. The molecule has 0 amide bonds. The van der Waals surface area contributed by atoms with Crippen LogP contribution in [0.3, 0.4) is 0 Å². The predicted molar refractivity (Wildman–Crippen MR) is 60.4 cm³/mol. The highest BCUT2D eigenvalue weighted by molar-refractivity contribution is 5.43. The molecule has 2 heterocycles. The first-order chi connectivity index (χ1) is 7.16. The molecule has 0 saturated carbocycles. The fraction of sp³-hybridized carbons (Fsp3) is 0.636. The number of nitrogens with one attached hydrogen (secondary N) is 1. The third-order valence-electron chi connectivity index (χ3n) is 2.60. The van der Waals surface area contributed by atoms with Gasteiger partial charge in [-0.2, -0.15) is 0 Å². The van der Waals surface area contributed by atoms with Gasteiger partial charge in [-0.1, -0.05) is 13.8 Å². The fourth-order valence-corrected chi connectivity index (χ4v) is 1.88. The van der Waals surface area contributed by atoms with Crippen LogP contribution in [0.15, 0.2) is 0 Å². The third kappa shape index (κ3) is 2.26. The highest BCUT2D eigenvalue weighted by atomic mass is 15.0. The molecule has 1 aromatic heterocycles. The summed E-state index contributed by atoms with van der Waals surface area (Å²) in [6.45, 7) is 6.13. The van der Waals surface area contributed by atoms with E-state index in [-0.39, 0.29) is 0 Å². The normalized spacial score (nSPS) is 15.4. The van der Waals surface area contributed by atoms with Gasteiger partial charge in [-0.25, -0.2) is 9.97 Å². The van der Waals surface area contributed by atoms with Crippen molar-refractivity contribution in [3.05, 3.63) is 17.1 Å². The van der Waals surface area contributed by atoms with Crippen molar-refractivity contribution in [2.45, 2.75) is 33.2 Å². The van der Waals surface area contributed by atoms with E-state index < -0.39 is 0 Å². The maximum Gasteiger partial charge on any atom is 0.131 e. The lowest BCUT2D eigenvalue weighted by atomic mass is 10.1. The number of hydrogen-bond donors (Lipinski definition) is 2. The first kappa shape index (κ1) is 10.4.